The molecule has 122 valence electrons. The lowest BCUT2D eigenvalue weighted by Crippen LogP contribution is -2.37. The van der Waals surface area contributed by atoms with Gasteiger partial charge in [0.15, 0.2) is 11.5 Å². The third-order valence-electron chi connectivity index (χ3n) is 4.22. The molecule has 2 aliphatic rings. The second-order valence-electron chi connectivity index (χ2n) is 5.79. The molecule has 0 aliphatic carbocycles. The van der Waals surface area contributed by atoms with E-state index in [4.69, 9.17) is 14.7 Å². The number of nitrogens with zero attached hydrogens (tertiary/aromatic N) is 2. The molecular weight excluding hydrogens is 294 g/mol. The highest BCUT2D eigenvalue weighted by Crippen LogP contribution is 2.37. The summed E-state index contributed by atoms with van der Waals surface area (Å²) in [6.07, 6.45) is 2.45. The summed E-state index contributed by atoms with van der Waals surface area (Å²) >= 11 is 0. The molecule has 2 aliphatic heterocycles. The Morgan fingerprint density at radius 1 is 1.35 bits per heavy atom. The van der Waals surface area contributed by atoms with Crippen LogP contribution >= 0.6 is 0 Å². The number of hydrogen-bond acceptors (Lipinski definition) is 5. The molecular formula is C17H21N3O3. The van der Waals surface area contributed by atoms with Gasteiger partial charge < -0.3 is 14.8 Å². The van der Waals surface area contributed by atoms with Crippen LogP contribution in [0.4, 0.5) is 0 Å². The smallest absolute Gasteiger partial charge is 0.234 e. The van der Waals surface area contributed by atoms with Gasteiger partial charge in [0.05, 0.1) is 19.0 Å². The van der Waals surface area contributed by atoms with E-state index in [2.05, 4.69) is 16.3 Å². The monoisotopic (exact) mass is 315 g/mol. The fourth-order valence-electron chi connectivity index (χ4n) is 3.16. The largest absolute Gasteiger partial charge is 0.486 e. The fourth-order valence-corrected chi connectivity index (χ4v) is 3.16. The van der Waals surface area contributed by atoms with Crippen molar-refractivity contribution in [2.75, 3.05) is 32.8 Å². The third-order valence-corrected chi connectivity index (χ3v) is 4.22. The van der Waals surface area contributed by atoms with Crippen LogP contribution in [0, 0.1) is 11.3 Å². The number of amides is 1. The van der Waals surface area contributed by atoms with E-state index < -0.39 is 0 Å². The quantitative estimate of drug-likeness (QED) is 0.836. The lowest BCUT2D eigenvalue weighted by molar-refractivity contribution is -0.122. The molecule has 0 saturated carbocycles. The van der Waals surface area contributed by atoms with E-state index >= 15 is 0 Å². The SMILES string of the molecule is N#CCCNC(=O)CN1CCCC1c1ccc2c(c1)OCCO2. The zero-order chi connectivity index (χ0) is 16.1. The number of carbonyl (C=O) groups is 1. The van der Waals surface area contributed by atoms with Crippen LogP contribution in [0.25, 0.3) is 0 Å². The van der Waals surface area contributed by atoms with Gasteiger partial charge in [0.1, 0.15) is 13.2 Å². The number of ether oxygens (including phenoxy) is 2. The standard InChI is InChI=1S/C17H21N3O3/c18-6-2-7-19-17(21)12-20-8-1-3-14(20)13-4-5-15-16(11-13)23-10-9-22-15/h4-5,11,14H,1-3,7-10,12H2,(H,19,21). The Morgan fingerprint density at radius 3 is 3.00 bits per heavy atom. The van der Waals surface area contributed by atoms with Crippen LogP contribution in [0.1, 0.15) is 30.9 Å². The van der Waals surface area contributed by atoms with Gasteiger partial charge in [-0.25, -0.2) is 0 Å². The van der Waals surface area contributed by atoms with E-state index in [0.29, 0.717) is 32.7 Å². The van der Waals surface area contributed by atoms with Crippen molar-refractivity contribution in [3.8, 4) is 17.6 Å². The van der Waals surface area contributed by atoms with Gasteiger partial charge in [-0.2, -0.15) is 5.26 Å². The molecule has 1 atom stereocenters. The van der Waals surface area contributed by atoms with Gasteiger partial charge in [0.2, 0.25) is 5.91 Å². The first kappa shape index (κ1) is 15.6. The third kappa shape index (κ3) is 3.74. The van der Waals surface area contributed by atoms with Crippen molar-refractivity contribution in [3.05, 3.63) is 23.8 Å². The maximum Gasteiger partial charge on any atom is 0.234 e. The van der Waals surface area contributed by atoms with Gasteiger partial charge in [-0.05, 0) is 37.1 Å². The van der Waals surface area contributed by atoms with Gasteiger partial charge in [-0.15, -0.1) is 0 Å². The van der Waals surface area contributed by atoms with Crippen LogP contribution in [0.2, 0.25) is 0 Å². The normalized spacial score (nSPS) is 20.0. The number of carbonyl (C=O) groups excluding carboxylic acids is 1. The Balaban J connectivity index is 1.64. The first-order chi connectivity index (χ1) is 11.3. The van der Waals surface area contributed by atoms with Crippen molar-refractivity contribution in [3.63, 3.8) is 0 Å². The summed E-state index contributed by atoms with van der Waals surface area (Å²) in [6, 6.07) is 8.30. The predicted molar refractivity (Wildman–Crippen MR) is 84.2 cm³/mol. The molecule has 6 nitrogen and oxygen atoms in total. The molecule has 0 aromatic heterocycles. The first-order valence-corrected chi connectivity index (χ1v) is 8.05. The zero-order valence-corrected chi connectivity index (χ0v) is 13.1. The molecule has 0 radical (unpaired) electrons. The van der Waals surface area contributed by atoms with E-state index in [1.165, 1.54) is 0 Å². The van der Waals surface area contributed by atoms with Crippen molar-refractivity contribution < 1.29 is 14.3 Å². The average molecular weight is 315 g/mol. The first-order valence-electron chi connectivity index (χ1n) is 8.05. The highest BCUT2D eigenvalue weighted by atomic mass is 16.6. The summed E-state index contributed by atoms with van der Waals surface area (Å²) in [6.45, 7) is 2.85. The van der Waals surface area contributed by atoms with E-state index in [-0.39, 0.29) is 11.9 Å². The molecule has 6 heteroatoms. The molecule has 1 fully saturated rings. The summed E-state index contributed by atoms with van der Waals surface area (Å²) < 4.78 is 11.2. The second-order valence-corrected chi connectivity index (χ2v) is 5.79. The minimum atomic E-state index is -0.0234. The summed E-state index contributed by atoms with van der Waals surface area (Å²) in [5.41, 5.74) is 1.16. The molecule has 0 spiro atoms. The molecule has 1 aromatic carbocycles. The molecule has 3 rings (SSSR count). The molecule has 23 heavy (non-hydrogen) atoms. The summed E-state index contributed by atoms with van der Waals surface area (Å²) in [5, 5.41) is 11.3. The van der Waals surface area contributed by atoms with E-state index in [9.17, 15) is 4.79 Å². The molecule has 2 heterocycles. The van der Waals surface area contributed by atoms with Crippen LogP contribution in [-0.4, -0.2) is 43.7 Å². The van der Waals surface area contributed by atoms with E-state index in [1.807, 2.05) is 18.2 Å². The number of nitrogens with one attached hydrogen (secondary N) is 1. The molecule has 1 N–H and O–H groups in total. The Bertz CT molecular complexity index is 612. The predicted octanol–water partition coefficient (Wildman–Crippen LogP) is 1.62. The Morgan fingerprint density at radius 2 is 2.17 bits per heavy atom. The van der Waals surface area contributed by atoms with Crippen LogP contribution in [0.3, 0.4) is 0 Å². The maximum absolute atomic E-state index is 12.0. The van der Waals surface area contributed by atoms with Crippen LogP contribution < -0.4 is 14.8 Å². The highest BCUT2D eigenvalue weighted by molar-refractivity contribution is 5.78. The Hall–Kier alpha value is -2.26. The van der Waals surface area contributed by atoms with Gasteiger partial charge in [0, 0.05) is 12.6 Å². The van der Waals surface area contributed by atoms with Gasteiger partial charge >= 0.3 is 0 Å². The lowest BCUT2D eigenvalue weighted by atomic mass is 10.0. The lowest BCUT2D eigenvalue weighted by Gasteiger charge is -2.26. The number of benzene rings is 1. The van der Waals surface area contributed by atoms with Gasteiger partial charge in [0.25, 0.3) is 0 Å². The Kier molecular flexibility index (Phi) is 4.99. The number of hydrogen-bond donors (Lipinski definition) is 1. The van der Waals surface area contributed by atoms with Crippen molar-refractivity contribution >= 4 is 5.91 Å². The summed E-state index contributed by atoms with van der Waals surface area (Å²) in [7, 11) is 0. The molecule has 1 amide bonds. The maximum atomic E-state index is 12.0. The van der Waals surface area contributed by atoms with Crippen molar-refractivity contribution in [1.82, 2.24) is 10.2 Å². The minimum Gasteiger partial charge on any atom is -0.486 e. The summed E-state index contributed by atoms with van der Waals surface area (Å²) in [5.74, 6) is 1.56. The number of fused-ring (bicyclic) bond motifs is 1. The molecule has 0 bridgehead atoms. The Labute approximate surface area is 136 Å². The number of rotatable bonds is 5. The van der Waals surface area contributed by atoms with E-state index in [1.54, 1.807) is 0 Å². The topological polar surface area (TPSA) is 74.6 Å². The van der Waals surface area contributed by atoms with Gasteiger partial charge in [-0.1, -0.05) is 6.07 Å². The van der Waals surface area contributed by atoms with Crippen LogP contribution in [0.15, 0.2) is 18.2 Å². The van der Waals surface area contributed by atoms with E-state index in [0.717, 1.165) is 36.4 Å². The molecule has 1 aromatic rings. The van der Waals surface area contributed by atoms with Crippen molar-refractivity contribution in [2.24, 2.45) is 0 Å². The number of nitriles is 1. The van der Waals surface area contributed by atoms with Gasteiger partial charge in [-0.3, -0.25) is 9.69 Å². The van der Waals surface area contributed by atoms with Crippen molar-refractivity contribution in [1.29, 1.82) is 5.26 Å². The molecule has 1 saturated heterocycles. The highest BCUT2D eigenvalue weighted by Gasteiger charge is 2.28. The van der Waals surface area contributed by atoms with Crippen molar-refractivity contribution in [2.45, 2.75) is 25.3 Å². The second kappa shape index (κ2) is 7.34. The molecule has 1 unspecified atom stereocenters. The average Bonchev–Trinajstić information content (AvgIpc) is 3.02. The zero-order valence-electron chi connectivity index (χ0n) is 13.1. The van der Waals surface area contributed by atoms with Crippen LogP contribution in [-0.2, 0) is 4.79 Å². The summed E-state index contributed by atoms with van der Waals surface area (Å²) in [4.78, 5) is 14.2. The van der Waals surface area contributed by atoms with Crippen LogP contribution in [0.5, 0.6) is 11.5 Å². The fraction of sp³-hybridized carbons (Fsp3) is 0.529. The number of likely N-dealkylation sites (tertiary alicyclic amines) is 1. The minimum absolute atomic E-state index is 0.0234.